The van der Waals surface area contributed by atoms with Gasteiger partial charge in [-0.25, -0.2) is 0 Å². The lowest BCUT2D eigenvalue weighted by atomic mass is 10.0. The number of fused-ring (bicyclic) bond motifs is 1. The minimum absolute atomic E-state index is 0.0726. The fourth-order valence-electron chi connectivity index (χ4n) is 2.09. The highest BCUT2D eigenvalue weighted by atomic mass is 16.3. The highest BCUT2D eigenvalue weighted by Crippen LogP contribution is 2.26. The first kappa shape index (κ1) is 12.9. The van der Waals surface area contributed by atoms with Crippen molar-refractivity contribution in [2.24, 2.45) is 0 Å². The Bertz CT molecular complexity index is 521. The van der Waals surface area contributed by atoms with Crippen molar-refractivity contribution in [3.05, 3.63) is 42.0 Å². The maximum Gasteiger partial charge on any atom is 0.120 e. The predicted octanol–water partition coefficient (Wildman–Crippen LogP) is 2.41. The maximum absolute atomic E-state index is 9.96. The largest absolute Gasteiger partial charge is 0.508 e. The molecule has 0 saturated carbocycles. The molecule has 3 heteroatoms. The Kier molecular flexibility index (Phi) is 4.18. The molecule has 96 valence electrons. The number of benzene rings is 2. The van der Waals surface area contributed by atoms with Gasteiger partial charge in [0.25, 0.3) is 0 Å². The van der Waals surface area contributed by atoms with Crippen LogP contribution in [0.3, 0.4) is 0 Å². The van der Waals surface area contributed by atoms with E-state index in [1.807, 2.05) is 37.3 Å². The lowest BCUT2D eigenvalue weighted by Crippen LogP contribution is -2.31. The highest BCUT2D eigenvalue weighted by molar-refractivity contribution is 5.87. The first-order chi connectivity index (χ1) is 8.76. The van der Waals surface area contributed by atoms with Gasteiger partial charge in [-0.05, 0) is 23.3 Å². The predicted molar refractivity (Wildman–Crippen MR) is 73.6 cm³/mol. The zero-order valence-corrected chi connectivity index (χ0v) is 10.6. The van der Waals surface area contributed by atoms with Crippen LogP contribution < -0.4 is 5.32 Å². The zero-order chi connectivity index (χ0) is 13.0. The number of phenols is 1. The monoisotopic (exact) mass is 245 g/mol. The molecule has 0 aliphatic carbocycles. The molecule has 0 heterocycles. The second-order valence-corrected chi connectivity index (χ2v) is 4.45. The summed E-state index contributed by atoms with van der Waals surface area (Å²) >= 11 is 0. The van der Waals surface area contributed by atoms with Crippen LogP contribution in [-0.4, -0.2) is 22.9 Å². The third kappa shape index (κ3) is 2.63. The number of aliphatic hydroxyl groups is 1. The molecule has 0 aliphatic rings. The number of nitrogens with one attached hydrogen (secondary N) is 1. The highest BCUT2D eigenvalue weighted by Gasteiger charge is 2.09. The van der Waals surface area contributed by atoms with E-state index in [1.165, 1.54) is 0 Å². The second-order valence-electron chi connectivity index (χ2n) is 4.45. The minimum Gasteiger partial charge on any atom is -0.508 e. The van der Waals surface area contributed by atoms with Gasteiger partial charge in [0.05, 0.1) is 6.61 Å². The molecule has 2 aromatic carbocycles. The van der Waals surface area contributed by atoms with Gasteiger partial charge in [-0.15, -0.1) is 0 Å². The molecule has 0 bridgehead atoms. The van der Waals surface area contributed by atoms with Crippen molar-refractivity contribution in [2.45, 2.75) is 25.9 Å². The van der Waals surface area contributed by atoms with E-state index in [4.69, 9.17) is 5.11 Å². The molecule has 2 rings (SSSR count). The van der Waals surface area contributed by atoms with E-state index in [9.17, 15) is 5.11 Å². The summed E-state index contributed by atoms with van der Waals surface area (Å²) in [5.41, 5.74) is 0.889. The van der Waals surface area contributed by atoms with Crippen molar-refractivity contribution >= 4 is 10.8 Å². The summed E-state index contributed by atoms with van der Waals surface area (Å²) in [4.78, 5) is 0. The smallest absolute Gasteiger partial charge is 0.120 e. The summed E-state index contributed by atoms with van der Waals surface area (Å²) in [6.07, 6.45) is 0.863. The van der Waals surface area contributed by atoms with Crippen molar-refractivity contribution in [2.75, 3.05) is 6.61 Å². The Morgan fingerprint density at radius 1 is 1.17 bits per heavy atom. The molecule has 1 atom stereocenters. The molecule has 0 radical (unpaired) electrons. The topological polar surface area (TPSA) is 52.5 Å². The van der Waals surface area contributed by atoms with E-state index in [0.29, 0.717) is 12.3 Å². The van der Waals surface area contributed by atoms with Gasteiger partial charge in [0.1, 0.15) is 5.75 Å². The molecule has 0 aliphatic heterocycles. The van der Waals surface area contributed by atoms with E-state index < -0.39 is 0 Å². The standard InChI is InChI=1S/C15H19NO2/c1-2-12(10-17)16-9-14-13-6-4-3-5-11(13)7-8-15(14)18/h3-8,12,16-18H,2,9-10H2,1H3/t12-/m1/s1. The number of hydrogen-bond acceptors (Lipinski definition) is 3. The van der Waals surface area contributed by atoms with Crippen LogP contribution in [0.1, 0.15) is 18.9 Å². The molecule has 0 fully saturated rings. The van der Waals surface area contributed by atoms with Crippen molar-refractivity contribution in [1.82, 2.24) is 5.32 Å². The molecular formula is C15H19NO2. The Labute approximate surface area is 107 Å². The average Bonchev–Trinajstić information content (AvgIpc) is 2.42. The van der Waals surface area contributed by atoms with E-state index in [0.717, 1.165) is 22.8 Å². The first-order valence-electron chi connectivity index (χ1n) is 6.30. The fraction of sp³-hybridized carbons (Fsp3) is 0.333. The second kappa shape index (κ2) is 5.85. The van der Waals surface area contributed by atoms with Crippen LogP contribution in [0.25, 0.3) is 10.8 Å². The van der Waals surface area contributed by atoms with Gasteiger partial charge in [0, 0.05) is 18.2 Å². The Balaban J connectivity index is 2.29. The normalized spacial score (nSPS) is 12.8. The minimum atomic E-state index is 0.0726. The molecule has 3 N–H and O–H groups in total. The number of rotatable bonds is 5. The molecule has 0 aromatic heterocycles. The van der Waals surface area contributed by atoms with E-state index >= 15 is 0 Å². The number of aromatic hydroxyl groups is 1. The molecule has 0 amide bonds. The van der Waals surface area contributed by atoms with E-state index in [2.05, 4.69) is 5.32 Å². The third-order valence-corrected chi connectivity index (χ3v) is 3.30. The quantitative estimate of drug-likeness (QED) is 0.758. The van der Waals surface area contributed by atoms with Crippen LogP contribution in [0.15, 0.2) is 36.4 Å². The Morgan fingerprint density at radius 2 is 1.94 bits per heavy atom. The fourth-order valence-corrected chi connectivity index (χ4v) is 2.09. The lowest BCUT2D eigenvalue weighted by Gasteiger charge is -2.16. The summed E-state index contributed by atoms with van der Waals surface area (Å²) in [6, 6.07) is 11.7. The van der Waals surface area contributed by atoms with E-state index in [1.54, 1.807) is 6.07 Å². The van der Waals surface area contributed by atoms with Crippen molar-refractivity contribution < 1.29 is 10.2 Å². The van der Waals surface area contributed by atoms with Gasteiger partial charge in [-0.1, -0.05) is 37.3 Å². The van der Waals surface area contributed by atoms with Crippen LogP contribution in [-0.2, 0) is 6.54 Å². The zero-order valence-electron chi connectivity index (χ0n) is 10.6. The van der Waals surface area contributed by atoms with Gasteiger partial charge >= 0.3 is 0 Å². The molecule has 0 spiro atoms. The first-order valence-corrected chi connectivity index (χ1v) is 6.30. The summed E-state index contributed by atoms with van der Waals surface area (Å²) in [7, 11) is 0. The Hall–Kier alpha value is -1.58. The SMILES string of the molecule is CC[C@H](CO)NCc1c(O)ccc2ccccc12. The molecule has 0 saturated heterocycles. The van der Waals surface area contributed by atoms with Gasteiger partial charge in [0.2, 0.25) is 0 Å². The Morgan fingerprint density at radius 3 is 2.67 bits per heavy atom. The van der Waals surface area contributed by atoms with Crippen molar-refractivity contribution in [1.29, 1.82) is 0 Å². The summed E-state index contributed by atoms with van der Waals surface area (Å²) < 4.78 is 0. The summed E-state index contributed by atoms with van der Waals surface area (Å²) in [5, 5.41) is 24.6. The van der Waals surface area contributed by atoms with Crippen molar-refractivity contribution in [3.8, 4) is 5.75 Å². The maximum atomic E-state index is 9.96. The van der Waals surface area contributed by atoms with Gasteiger partial charge in [-0.3, -0.25) is 0 Å². The molecule has 3 nitrogen and oxygen atoms in total. The molecular weight excluding hydrogens is 226 g/mol. The number of aliphatic hydroxyl groups excluding tert-OH is 1. The third-order valence-electron chi connectivity index (χ3n) is 3.30. The number of hydrogen-bond donors (Lipinski definition) is 3. The summed E-state index contributed by atoms with van der Waals surface area (Å²) in [6.45, 7) is 2.70. The molecule has 0 unspecified atom stereocenters. The molecule has 2 aromatic rings. The van der Waals surface area contributed by atoms with Crippen LogP contribution >= 0.6 is 0 Å². The van der Waals surface area contributed by atoms with E-state index in [-0.39, 0.29) is 12.6 Å². The van der Waals surface area contributed by atoms with Crippen LogP contribution in [0.4, 0.5) is 0 Å². The van der Waals surface area contributed by atoms with Crippen molar-refractivity contribution in [3.63, 3.8) is 0 Å². The number of phenolic OH excluding ortho intramolecular Hbond substituents is 1. The van der Waals surface area contributed by atoms with Gasteiger partial charge in [0.15, 0.2) is 0 Å². The summed E-state index contributed by atoms with van der Waals surface area (Å²) in [5.74, 6) is 0.300. The lowest BCUT2D eigenvalue weighted by molar-refractivity contribution is 0.238. The molecule has 18 heavy (non-hydrogen) atoms. The van der Waals surface area contributed by atoms with Gasteiger partial charge in [-0.2, -0.15) is 0 Å². The van der Waals surface area contributed by atoms with Crippen LogP contribution in [0.5, 0.6) is 5.75 Å². The van der Waals surface area contributed by atoms with Crippen LogP contribution in [0, 0.1) is 0 Å². The van der Waals surface area contributed by atoms with Crippen LogP contribution in [0.2, 0.25) is 0 Å². The average molecular weight is 245 g/mol. The van der Waals surface area contributed by atoms with Gasteiger partial charge < -0.3 is 15.5 Å².